The zero-order valence-corrected chi connectivity index (χ0v) is 13.2. The van der Waals surface area contributed by atoms with Gasteiger partial charge in [0, 0.05) is 5.39 Å². The molecule has 2 heterocycles. The Kier molecular flexibility index (Phi) is 3.49. The monoisotopic (exact) mass is 332 g/mol. The first-order valence-corrected chi connectivity index (χ1v) is 8.52. The van der Waals surface area contributed by atoms with Crippen LogP contribution < -0.4 is 0 Å². The average Bonchev–Trinajstić information content (AvgIpc) is 3.08. The summed E-state index contributed by atoms with van der Waals surface area (Å²) in [6.07, 6.45) is 2.31. The van der Waals surface area contributed by atoms with E-state index in [1.54, 1.807) is 22.7 Å². The van der Waals surface area contributed by atoms with Gasteiger partial charge in [0.1, 0.15) is 23.6 Å². The molecule has 0 radical (unpaired) electrons. The molecule has 2 aromatic heterocycles. The van der Waals surface area contributed by atoms with Crippen molar-refractivity contribution in [1.82, 2.24) is 19.5 Å². The molecule has 1 fully saturated rings. The lowest BCUT2D eigenvalue weighted by molar-refractivity contribution is -0.0244. The van der Waals surface area contributed by atoms with E-state index in [2.05, 4.69) is 15.0 Å². The van der Waals surface area contributed by atoms with E-state index in [9.17, 15) is 15.3 Å². The fraction of sp³-hybridized carbons (Fsp3) is 0.400. The number of hydrogen-bond acceptors (Lipinski definition) is 7. The average molecular weight is 332 g/mol. The molecule has 0 aliphatic heterocycles. The van der Waals surface area contributed by atoms with Crippen LogP contribution in [0.5, 0.6) is 0 Å². The molecule has 0 bridgehead atoms. The maximum absolute atomic E-state index is 10.2. The van der Waals surface area contributed by atoms with E-state index >= 15 is 0 Å². The second kappa shape index (κ2) is 5.41. The highest BCUT2D eigenvalue weighted by atomic mass is 32.2. The van der Waals surface area contributed by atoms with Crippen molar-refractivity contribution < 1.29 is 15.3 Å². The predicted octanol–water partition coefficient (Wildman–Crippen LogP) is 0.729. The number of aliphatic hydroxyl groups excluding tert-OH is 3. The van der Waals surface area contributed by atoms with Crippen LogP contribution in [-0.4, -0.2) is 59.4 Å². The second-order valence-electron chi connectivity index (χ2n) is 5.74. The molecule has 0 saturated heterocycles. The van der Waals surface area contributed by atoms with E-state index in [0.717, 1.165) is 27.0 Å². The van der Waals surface area contributed by atoms with Crippen LogP contribution in [-0.2, 0) is 0 Å². The van der Waals surface area contributed by atoms with E-state index in [1.807, 2.05) is 18.4 Å². The van der Waals surface area contributed by atoms with E-state index < -0.39 is 24.4 Å². The van der Waals surface area contributed by atoms with Crippen LogP contribution in [0, 0.1) is 0 Å². The maximum Gasteiger partial charge on any atom is 0.117 e. The summed E-state index contributed by atoms with van der Waals surface area (Å²) >= 11 is 1.55. The first-order chi connectivity index (χ1) is 11.1. The van der Waals surface area contributed by atoms with Crippen molar-refractivity contribution in [3.8, 4) is 0 Å². The summed E-state index contributed by atoms with van der Waals surface area (Å²) in [4.78, 5) is 13.0. The molecular formula is C15H16N4O3S. The number of imidazole rings is 1. The molecule has 0 amide bonds. The summed E-state index contributed by atoms with van der Waals surface area (Å²) in [5.74, 6) is 0. The molecule has 8 heteroatoms. The third-order valence-electron chi connectivity index (χ3n) is 4.47. The lowest BCUT2D eigenvalue weighted by Crippen LogP contribution is -2.31. The Bertz CT molecular complexity index is 884. The van der Waals surface area contributed by atoms with Gasteiger partial charge in [-0.05, 0) is 24.8 Å². The van der Waals surface area contributed by atoms with Gasteiger partial charge in [0.2, 0.25) is 0 Å². The normalized spacial score (nSPS) is 28.0. The molecule has 1 aliphatic carbocycles. The van der Waals surface area contributed by atoms with Crippen molar-refractivity contribution in [3.05, 3.63) is 24.8 Å². The highest BCUT2D eigenvalue weighted by Crippen LogP contribution is 2.34. The summed E-state index contributed by atoms with van der Waals surface area (Å²) < 4.78 is 1.81. The zero-order chi connectivity index (χ0) is 16.1. The van der Waals surface area contributed by atoms with Gasteiger partial charge in [-0.3, -0.25) is 0 Å². The standard InChI is InChI=1S/C15H16N4O3S/c1-23-15-7-2-9-10(3-8(7)16-5-17-15)19(6-18-9)11-4-12(20)14(22)13(11)21/h2-3,5-6,11-14,20-22H,4H2,1H3/t11-,12+,13+,14-/m1/s1. The van der Waals surface area contributed by atoms with Crippen LogP contribution in [0.2, 0.25) is 0 Å². The zero-order valence-electron chi connectivity index (χ0n) is 12.4. The van der Waals surface area contributed by atoms with E-state index in [-0.39, 0.29) is 6.42 Å². The van der Waals surface area contributed by atoms with Gasteiger partial charge in [-0.25, -0.2) is 15.0 Å². The Morgan fingerprint density at radius 2 is 1.91 bits per heavy atom. The van der Waals surface area contributed by atoms with Gasteiger partial charge in [0.25, 0.3) is 0 Å². The van der Waals surface area contributed by atoms with Crippen molar-refractivity contribution in [2.75, 3.05) is 6.26 Å². The number of nitrogens with zero attached hydrogens (tertiary/aromatic N) is 4. The highest BCUT2D eigenvalue weighted by Gasteiger charge is 2.41. The lowest BCUT2D eigenvalue weighted by atomic mass is 10.1. The van der Waals surface area contributed by atoms with Gasteiger partial charge in [-0.1, -0.05) is 0 Å². The van der Waals surface area contributed by atoms with Crippen LogP contribution >= 0.6 is 11.8 Å². The van der Waals surface area contributed by atoms with Gasteiger partial charge in [-0.2, -0.15) is 0 Å². The van der Waals surface area contributed by atoms with Gasteiger partial charge in [0.05, 0.1) is 35.0 Å². The van der Waals surface area contributed by atoms with E-state index in [0.29, 0.717) is 0 Å². The molecular weight excluding hydrogens is 316 g/mol. The largest absolute Gasteiger partial charge is 0.390 e. The molecule has 120 valence electrons. The number of fused-ring (bicyclic) bond motifs is 2. The number of benzene rings is 1. The van der Waals surface area contributed by atoms with Crippen LogP contribution in [0.15, 0.2) is 29.8 Å². The fourth-order valence-corrected chi connectivity index (χ4v) is 3.78. The Morgan fingerprint density at radius 3 is 2.61 bits per heavy atom. The Balaban J connectivity index is 1.88. The second-order valence-corrected chi connectivity index (χ2v) is 6.54. The van der Waals surface area contributed by atoms with Crippen LogP contribution in [0.3, 0.4) is 0 Å². The molecule has 7 nitrogen and oxygen atoms in total. The van der Waals surface area contributed by atoms with Crippen molar-refractivity contribution >= 4 is 33.7 Å². The van der Waals surface area contributed by atoms with Gasteiger partial charge in [-0.15, -0.1) is 11.8 Å². The summed E-state index contributed by atoms with van der Waals surface area (Å²) in [6, 6.07) is 3.42. The van der Waals surface area contributed by atoms with Crippen LogP contribution in [0.1, 0.15) is 12.5 Å². The lowest BCUT2D eigenvalue weighted by Gasteiger charge is -2.18. The summed E-state index contributed by atoms with van der Waals surface area (Å²) in [5.41, 5.74) is 2.38. The molecule has 1 aliphatic rings. The number of aromatic nitrogens is 4. The molecule has 1 saturated carbocycles. The third kappa shape index (κ3) is 2.21. The quantitative estimate of drug-likeness (QED) is 0.469. The number of rotatable bonds is 2. The van der Waals surface area contributed by atoms with Gasteiger partial charge in [0.15, 0.2) is 0 Å². The molecule has 4 rings (SSSR count). The predicted molar refractivity (Wildman–Crippen MR) is 86.3 cm³/mol. The van der Waals surface area contributed by atoms with Crippen LogP contribution in [0.25, 0.3) is 21.9 Å². The summed E-state index contributed by atoms with van der Waals surface area (Å²) in [6.45, 7) is 0. The Hall–Kier alpha value is -1.74. The highest BCUT2D eigenvalue weighted by molar-refractivity contribution is 7.98. The molecule has 0 unspecified atom stereocenters. The minimum atomic E-state index is -1.14. The molecule has 4 atom stereocenters. The molecule has 3 N–H and O–H groups in total. The number of aliphatic hydroxyl groups is 3. The summed E-state index contributed by atoms with van der Waals surface area (Å²) in [7, 11) is 0. The topological polar surface area (TPSA) is 104 Å². The molecule has 23 heavy (non-hydrogen) atoms. The fourth-order valence-electron chi connectivity index (χ4n) is 3.24. The Labute approximate surface area is 136 Å². The number of thioether (sulfide) groups is 1. The van der Waals surface area contributed by atoms with Crippen molar-refractivity contribution in [2.24, 2.45) is 0 Å². The van der Waals surface area contributed by atoms with Gasteiger partial charge >= 0.3 is 0 Å². The van der Waals surface area contributed by atoms with Crippen molar-refractivity contribution in [2.45, 2.75) is 35.8 Å². The minimum Gasteiger partial charge on any atom is -0.390 e. The van der Waals surface area contributed by atoms with E-state index in [4.69, 9.17) is 0 Å². The first kappa shape index (κ1) is 14.8. The van der Waals surface area contributed by atoms with E-state index in [1.165, 1.54) is 6.33 Å². The maximum atomic E-state index is 10.2. The minimum absolute atomic E-state index is 0.283. The third-order valence-corrected chi connectivity index (χ3v) is 5.18. The molecule has 0 spiro atoms. The van der Waals surface area contributed by atoms with Crippen molar-refractivity contribution in [3.63, 3.8) is 0 Å². The molecule has 3 aromatic rings. The Morgan fingerprint density at radius 1 is 1.09 bits per heavy atom. The smallest absolute Gasteiger partial charge is 0.117 e. The molecule has 1 aromatic carbocycles. The SMILES string of the molecule is CSc1ncnc2cc3c(cc12)ncn3[C@@H]1C[C@H](O)[C@@H](O)[C@H]1O. The first-order valence-electron chi connectivity index (χ1n) is 7.29. The summed E-state index contributed by atoms with van der Waals surface area (Å²) in [5, 5.41) is 31.6. The number of hydrogen-bond donors (Lipinski definition) is 3. The van der Waals surface area contributed by atoms with Crippen molar-refractivity contribution in [1.29, 1.82) is 0 Å². The van der Waals surface area contributed by atoms with Gasteiger partial charge < -0.3 is 19.9 Å². The van der Waals surface area contributed by atoms with Crippen LogP contribution in [0.4, 0.5) is 0 Å².